The average Bonchev–Trinajstić information content (AvgIpc) is 2.47. The van der Waals surface area contributed by atoms with Gasteiger partial charge in [0.15, 0.2) is 24.7 Å². The van der Waals surface area contributed by atoms with Crippen LogP contribution in [0.15, 0.2) is 38.8 Å². The maximum absolute atomic E-state index is 11.7. The Kier molecular flexibility index (Phi) is 5.16. The van der Waals surface area contributed by atoms with Crippen molar-refractivity contribution in [3.8, 4) is 5.75 Å². The molecule has 0 saturated carbocycles. The van der Waals surface area contributed by atoms with E-state index in [1.165, 1.54) is 25.4 Å². The Morgan fingerprint density at radius 3 is 2.29 bits per heavy atom. The van der Waals surface area contributed by atoms with Crippen LogP contribution in [0.2, 0.25) is 0 Å². The number of anilines is 2. The Bertz CT molecular complexity index is 991. The third-order valence-corrected chi connectivity index (χ3v) is 5.81. The van der Waals surface area contributed by atoms with Gasteiger partial charge in [-0.05, 0) is 28.1 Å². The maximum Gasteiger partial charge on any atom is 0.228 e. The lowest BCUT2D eigenvalue weighted by atomic mass is 10.3. The lowest BCUT2D eigenvalue weighted by Crippen LogP contribution is -2.06. The van der Waals surface area contributed by atoms with Crippen LogP contribution in [-0.2, 0) is 19.7 Å². The van der Waals surface area contributed by atoms with Crippen LogP contribution in [0.3, 0.4) is 0 Å². The fourth-order valence-corrected chi connectivity index (χ4v) is 4.18. The van der Waals surface area contributed by atoms with Crippen molar-refractivity contribution in [3.05, 3.63) is 28.9 Å². The summed E-state index contributed by atoms with van der Waals surface area (Å²) in [6.07, 6.45) is 3.39. The van der Waals surface area contributed by atoms with Crippen LogP contribution in [-0.4, -0.2) is 46.4 Å². The number of nitrogens with one attached hydrogen (secondary N) is 1. The molecule has 0 amide bonds. The molecule has 8 nitrogen and oxygen atoms in total. The molecule has 1 N–H and O–H groups in total. The Hall–Kier alpha value is -1.72. The van der Waals surface area contributed by atoms with E-state index in [0.29, 0.717) is 11.4 Å². The van der Waals surface area contributed by atoms with Gasteiger partial charge in [0.2, 0.25) is 5.95 Å². The number of benzene rings is 1. The fraction of sp³-hybridized carbons (Fsp3) is 0.231. The average molecular weight is 436 g/mol. The number of hydrogen-bond acceptors (Lipinski definition) is 8. The molecule has 1 aromatic carbocycles. The molecule has 2 rings (SSSR count). The van der Waals surface area contributed by atoms with Gasteiger partial charge in [-0.25, -0.2) is 21.8 Å². The van der Waals surface area contributed by atoms with E-state index >= 15 is 0 Å². The zero-order valence-electron chi connectivity index (χ0n) is 12.9. The van der Waals surface area contributed by atoms with Gasteiger partial charge in [0.25, 0.3) is 0 Å². The van der Waals surface area contributed by atoms with Gasteiger partial charge >= 0.3 is 0 Å². The van der Waals surface area contributed by atoms with E-state index in [2.05, 4.69) is 31.2 Å². The molecule has 1 heterocycles. The van der Waals surface area contributed by atoms with E-state index in [9.17, 15) is 16.8 Å². The molecule has 0 unspecified atom stereocenters. The normalized spacial score (nSPS) is 12.0. The smallest absolute Gasteiger partial charge is 0.228 e. The molecule has 0 fully saturated rings. The molecular formula is C13H14BrN3O5S2. The summed E-state index contributed by atoms with van der Waals surface area (Å²) in [7, 11) is -5.60. The molecule has 0 saturated heterocycles. The van der Waals surface area contributed by atoms with E-state index in [-0.39, 0.29) is 20.3 Å². The number of sulfone groups is 2. The highest BCUT2D eigenvalue weighted by atomic mass is 79.9. The summed E-state index contributed by atoms with van der Waals surface area (Å²) in [5, 5.41) is 2.60. The predicted octanol–water partition coefficient (Wildman–Crippen LogP) is 1.80. The van der Waals surface area contributed by atoms with Gasteiger partial charge in [0.05, 0.1) is 16.5 Å². The molecule has 2 aromatic rings. The molecule has 11 heteroatoms. The molecule has 24 heavy (non-hydrogen) atoms. The standard InChI is InChI=1S/C13H14BrN3O5S2/c1-22-9-4-8(5-10(6-9)23(2,18)19)16-13-15-7-11(14)12(17-13)24(3,20)21/h4-7H,1-3H3,(H,15,16,17). The van der Waals surface area contributed by atoms with Gasteiger partial charge in [0, 0.05) is 30.5 Å². The second-order valence-corrected chi connectivity index (χ2v) is 9.71. The molecular weight excluding hydrogens is 422 g/mol. The van der Waals surface area contributed by atoms with Gasteiger partial charge in [-0.3, -0.25) is 0 Å². The van der Waals surface area contributed by atoms with Gasteiger partial charge in [-0.1, -0.05) is 0 Å². The van der Waals surface area contributed by atoms with E-state index < -0.39 is 19.7 Å². The zero-order valence-corrected chi connectivity index (χ0v) is 16.2. The molecule has 0 aliphatic heterocycles. The monoisotopic (exact) mass is 435 g/mol. The Labute approximate surface area is 148 Å². The number of methoxy groups -OCH3 is 1. The van der Waals surface area contributed by atoms with Crippen molar-refractivity contribution < 1.29 is 21.6 Å². The number of nitrogens with zero attached hydrogens (tertiary/aromatic N) is 2. The van der Waals surface area contributed by atoms with Crippen LogP contribution in [0.1, 0.15) is 0 Å². The molecule has 0 aliphatic carbocycles. The van der Waals surface area contributed by atoms with Crippen molar-refractivity contribution in [2.24, 2.45) is 0 Å². The van der Waals surface area contributed by atoms with Gasteiger partial charge in [-0.2, -0.15) is 4.98 Å². The van der Waals surface area contributed by atoms with Crippen LogP contribution in [0.25, 0.3) is 0 Å². The summed E-state index contributed by atoms with van der Waals surface area (Å²) in [5.74, 6) is 0.326. The highest BCUT2D eigenvalue weighted by Gasteiger charge is 2.16. The molecule has 0 spiro atoms. The third kappa shape index (κ3) is 4.42. The minimum atomic E-state index is -3.55. The van der Waals surface area contributed by atoms with Crippen LogP contribution in [0.5, 0.6) is 5.75 Å². The van der Waals surface area contributed by atoms with E-state index in [1.54, 1.807) is 6.07 Å². The van der Waals surface area contributed by atoms with Crippen molar-refractivity contribution in [1.82, 2.24) is 9.97 Å². The molecule has 0 bridgehead atoms. The van der Waals surface area contributed by atoms with Gasteiger partial charge < -0.3 is 10.1 Å². The van der Waals surface area contributed by atoms with Crippen molar-refractivity contribution in [2.45, 2.75) is 9.92 Å². The molecule has 0 aliphatic rings. The van der Waals surface area contributed by atoms with E-state index in [0.717, 1.165) is 12.5 Å². The number of aromatic nitrogens is 2. The van der Waals surface area contributed by atoms with Crippen LogP contribution in [0.4, 0.5) is 11.6 Å². The molecule has 0 radical (unpaired) electrons. The summed E-state index contributed by atoms with van der Waals surface area (Å²) in [6.45, 7) is 0. The zero-order chi connectivity index (χ0) is 18.1. The summed E-state index contributed by atoms with van der Waals surface area (Å²) < 4.78 is 52.2. The number of rotatable bonds is 5. The summed E-state index contributed by atoms with van der Waals surface area (Å²) in [4.78, 5) is 7.96. The van der Waals surface area contributed by atoms with Crippen LogP contribution in [0, 0.1) is 0 Å². The second-order valence-electron chi connectivity index (χ2n) is 4.91. The van der Waals surface area contributed by atoms with Gasteiger partial charge in [-0.15, -0.1) is 0 Å². The molecule has 1 aromatic heterocycles. The first-order chi connectivity index (χ1) is 11.0. The quantitative estimate of drug-likeness (QED) is 0.706. The lowest BCUT2D eigenvalue weighted by Gasteiger charge is -2.10. The number of ether oxygens (including phenoxy) is 1. The predicted molar refractivity (Wildman–Crippen MR) is 92.2 cm³/mol. The van der Waals surface area contributed by atoms with Crippen molar-refractivity contribution in [2.75, 3.05) is 24.9 Å². The maximum atomic E-state index is 11.7. The minimum absolute atomic E-state index is 0.00586. The summed E-state index contributed by atoms with van der Waals surface area (Å²) in [5.41, 5.74) is 0.344. The highest BCUT2D eigenvalue weighted by molar-refractivity contribution is 9.10. The highest BCUT2D eigenvalue weighted by Crippen LogP contribution is 2.27. The first kappa shape index (κ1) is 18.6. The largest absolute Gasteiger partial charge is 0.497 e. The summed E-state index contributed by atoms with van der Waals surface area (Å²) >= 11 is 3.08. The van der Waals surface area contributed by atoms with Crippen molar-refractivity contribution in [3.63, 3.8) is 0 Å². The topological polar surface area (TPSA) is 115 Å². The fourth-order valence-electron chi connectivity index (χ4n) is 1.78. The van der Waals surface area contributed by atoms with Gasteiger partial charge in [0.1, 0.15) is 5.75 Å². The van der Waals surface area contributed by atoms with Crippen molar-refractivity contribution >= 4 is 47.2 Å². The lowest BCUT2D eigenvalue weighted by molar-refractivity contribution is 0.413. The Morgan fingerprint density at radius 2 is 1.75 bits per heavy atom. The van der Waals surface area contributed by atoms with Crippen LogP contribution >= 0.6 is 15.9 Å². The number of halogens is 1. The van der Waals surface area contributed by atoms with E-state index in [1.807, 2.05) is 0 Å². The van der Waals surface area contributed by atoms with E-state index in [4.69, 9.17) is 4.74 Å². The van der Waals surface area contributed by atoms with Crippen molar-refractivity contribution in [1.29, 1.82) is 0 Å². The summed E-state index contributed by atoms with van der Waals surface area (Å²) in [6, 6.07) is 4.30. The number of hydrogen-bond donors (Lipinski definition) is 1. The Balaban J connectivity index is 2.49. The Morgan fingerprint density at radius 1 is 1.08 bits per heavy atom. The SMILES string of the molecule is COc1cc(Nc2ncc(Br)c(S(C)(=O)=O)n2)cc(S(C)(=O)=O)c1. The van der Waals surface area contributed by atoms with Crippen LogP contribution < -0.4 is 10.1 Å². The second kappa shape index (κ2) is 6.65. The molecule has 0 atom stereocenters. The minimum Gasteiger partial charge on any atom is -0.497 e. The third-order valence-electron chi connectivity index (χ3n) is 2.86. The first-order valence-electron chi connectivity index (χ1n) is 6.39. The first-order valence-corrected chi connectivity index (χ1v) is 11.0. The molecule has 130 valence electrons.